The zero-order valence-corrected chi connectivity index (χ0v) is 21.0. The molecule has 0 aliphatic heterocycles. The van der Waals surface area contributed by atoms with Gasteiger partial charge in [-0.1, -0.05) is 20.3 Å². The molecule has 6 heteroatoms. The molecule has 0 bridgehead atoms. The minimum Gasteiger partial charge on any atom is -0.392 e. The zero-order chi connectivity index (χ0) is 24.6. The average Bonchev–Trinajstić information content (AvgIpc) is 2.97. The molecule has 0 heterocycles. The number of hydrogen-bond acceptors (Lipinski definition) is 6. The van der Waals surface area contributed by atoms with Gasteiger partial charge in [-0.25, -0.2) is 0 Å². The van der Waals surface area contributed by atoms with E-state index >= 15 is 0 Å². The van der Waals surface area contributed by atoms with Crippen molar-refractivity contribution in [2.75, 3.05) is 0 Å². The van der Waals surface area contributed by atoms with Gasteiger partial charge in [-0.15, -0.1) is 0 Å². The van der Waals surface area contributed by atoms with Gasteiger partial charge in [0.2, 0.25) is 0 Å². The van der Waals surface area contributed by atoms with Gasteiger partial charge in [-0.3, -0.25) is 4.79 Å². The molecule has 0 amide bonds. The number of carbonyl (C=O) groups excluding carboxylic acids is 1. The highest BCUT2D eigenvalue weighted by atomic mass is 16.3. The van der Waals surface area contributed by atoms with Crippen LogP contribution in [0.4, 0.5) is 0 Å². The number of aliphatic hydroxyl groups is 5. The third kappa shape index (κ3) is 3.67. The minimum atomic E-state index is -1.43. The van der Waals surface area contributed by atoms with E-state index in [0.717, 1.165) is 24.8 Å². The van der Waals surface area contributed by atoms with Crippen molar-refractivity contribution in [2.24, 2.45) is 28.6 Å². The highest BCUT2D eigenvalue weighted by Gasteiger charge is 2.69. The van der Waals surface area contributed by atoms with Gasteiger partial charge in [-0.2, -0.15) is 0 Å². The van der Waals surface area contributed by atoms with Crippen molar-refractivity contribution < 1.29 is 30.3 Å². The first-order valence-electron chi connectivity index (χ1n) is 12.9. The Morgan fingerprint density at radius 1 is 1.09 bits per heavy atom. The summed E-state index contributed by atoms with van der Waals surface area (Å²) in [6.45, 7) is 9.16. The molecule has 188 valence electrons. The van der Waals surface area contributed by atoms with Gasteiger partial charge in [0.15, 0.2) is 5.78 Å². The minimum absolute atomic E-state index is 0.0389. The summed E-state index contributed by atoms with van der Waals surface area (Å²) in [5.74, 6) is -0.783. The fourth-order valence-electron chi connectivity index (χ4n) is 8.45. The van der Waals surface area contributed by atoms with Crippen LogP contribution in [-0.4, -0.2) is 60.3 Å². The Hall–Kier alpha value is -0.790. The maximum Gasteiger partial charge on any atom is 0.161 e. The fourth-order valence-corrected chi connectivity index (χ4v) is 8.45. The summed E-state index contributed by atoms with van der Waals surface area (Å²) in [6, 6.07) is 0. The van der Waals surface area contributed by atoms with Gasteiger partial charge < -0.3 is 25.5 Å². The van der Waals surface area contributed by atoms with Gasteiger partial charge in [0, 0.05) is 5.41 Å². The van der Waals surface area contributed by atoms with E-state index in [4.69, 9.17) is 0 Å². The highest BCUT2D eigenvalue weighted by Crippen LogP contribution is 2.68. The molecular weight excluding hydrogens is 420 g/mol. The van der Waals surface area contributed by atoms with Crippen molar-refractivity contribution in [3.63, 3.8) is 0 Å². The van der Waals surface area contributed by atoms with E-state index in [9.17, 15) is 30.3 Å². The van der Waals surface area contributed by atoms with E-state index in [1.165, 1.54) is 0 Å². The Balaban J connectivity index is 1.67. The van der Waals surface area contributed by atoms with E-state index < -0.39 is 40.3 Å². The molecule has 33 heavy (non-hydrogen) atoms. The van der Waals surface area contributed by atoms with Gasteiger partial charge in [0.25, 0.3) is 0 Å². The van der Waals surface area contributed by atoms with Crippen LogP contribution in [0.15, 0.2) is 11.6 Å². The third-order valence-corrected chi connectivity index (χ3v) is 10.4. The Bertz CT molecular complexity index is 827. The van der Waals surface area contributed by atoms with E-state index in [-0.39, 0.29) is 29.5 Å². The topological polar surface area (TPSA) is 118 Å². The summed E-state index contributed by atoms with van der Waals surface area (Å²) in [7, 11) is 0. The van der Waals surface area contributed by atoms with Crippen LogP contribution in [0.2, 0.25) is 0 Å². The summed E-state index contributed by atoms with van der Waals surface area (Å²) in [6.07, 6.45) is 5.50. The Morgan fingerprint density at radius 2 is 1.76 bits per heavy atom. The lowest BCUT2D eigenvalue weighted by Gasteiger charge is -2.60. The molecule has 4 aliphatic carbocycles. The molecule has 6 nitrogen and oxygen atoms in total. The number of fused-ring (bicyclic) bond motifs is 5. The number of hydrogen-bond donors (Lipinski definition) is 5. The van der Waals surface area contributed by atoms with Crippen molar-refractivity contribution in [1.29, 1.82) is 0 Å². The first-order chi connectivity index (χ1) is 15.1. The molecule has 4 rings (SSSR count). The average molecular weight is 465 g/mol. The van der Waals surface area contributed by atoms with Gasteiger partial charge in [-0.05, 0) is 101 Å². The predicted octanol–water partition coefficient (Wildman–Crippen LogP) is 2.88. The summed E-state index contributed by atoms with van der Waals surface area (Å²) in [4.78, 5) is 13.2. The molecule has 0 saturated heterocycles. The SMILES string of the molecule is CC(C)(O)CC[C@@H](O)[C@](C)(O)[C@H]1CC[C@@]2(O)C3=CC(=O)[C@@H]4[C@H](O)CCC[C@]4(C)[C@H]3CC[C@]12C. The van der Waals surface area contributed by atoms with Crippen LogP contribution >= 0.6 is 0 Å². The molecule has 3 saturated carbocycles. The maximum absolute atomic E-state index is 13.2. The van der Waals surface area contributed by atoms with Crippen LogP contribution in [0, 0.1) is 28.6 Å². The lowest BCUT2D eigenvalue weighted by Crippen LogP contribution is -2.62. The van der Waals surface area contributed by atoms with E-state index in [0.29, 0.717) is 32.1 Å². The molecule has 0 spiro atoms. The Kier molecular flexibility index (Phi) is 6.03. The van der Waals surface area contributed by atoms with Gasteiger partial charge >= 0.3 is 0 Å². The molecule has 0 radical (unpaired) electrons. The van der Waals surface area contributed by atoms with E-state index in [2.05, 4.69) is 6.92 Å². The molecule has 0 aromatic rings. The normalized spacial score (nSPS) is 46.0. The van der Waals surface area contributed by atoms with E-state index in [1.807, 2.05) is 6.92 Å². The molecule has 4 aliphatic rings. The lowest BCUT2D eigenvalue weighted by atomic mass is 9.45. The van der Waals surface area contributed by atoms with Crippen molar-refractivity contribution in [3.8, 4) is 0 Å². The van der Waals surface area contributed by atoms with Crippen LogP contribution in [-0.2, 0) is 4.79 Å². The molecule has 9 atom stereocenters. The van der Waals surface area contributed by atoms with Crippen molar-refractivity contribution in [1.82, 2.24) is 0 Å². The summed E-state index contributed by atoms with van der Waals surface area (Å²) < 4.78 is 0. The second-order valence-electron chi connectivity index (χ2n) is 13.0. The van der Waals surface area contributed by atoms with Crippen LogP contribution in [0.25, 0.3) is 0 Å². The van der Waals surface area contributed by atoms with Crippen molar-refractivity contribution in [3.05, 3.63) is 11.6 Å². The molecule has 0 aromatic heterocycles. The fraction of sp³-hybridized carbons (Fsp3) is 0.889. The second kappa shape index (κ2) is 7.86. The summed E-state index contributed by atoms with van der Waals surface area (Å²) in [5.41, 5.74) is -3.82. The molecule has 0 unspecified atom stereocenters. The van der Waals surface area contributed by atoms with Crippen LogP contribution < -0.4 is 0 Å². The molecule has 3 fully saturated rings. The first kappa shape index (κ1) is 25.3. The van der Waals surface area contributed by atoms with Crippen LogP contribution in [0.5, 0.6) is 0 Å². The Labute approximate surface area is 198 Å². The van der Waals surface area contributed by atoms with Crippen LogP contribution in [0.3, 0.4) is 0 Å². The first-order valence-corrected chi connectivity index (χ1v) is 12.9. The van der Waals surface area contributed by atoms with Gasteiger partial charge in [0.1, 0.15) is 0 Å². The molecule has 0 aromatic carbocycles. The number of ketones is 1. The third-order valence-electron chi connectivity index (χ3n) is 10.4. The predicted molar refractivity (Wildman–Crippen MR) is 125 cm³/mol. The molecular formula is C27H44O6. The number of aliphatic hydroxyl groups excluding tert-OH is 2. The largest absolute Gasteiger partial charge is 0.392 e. The van der Waals surface area contributed by atoms with E-state index in [1.54, 1.807) is 26.8 Å². The number of rotatable bonds is 5. The Morgan fingerprint density at radius 3 is 2.39 bits per heavy atom. The van der Waals surface area contributed by atoms with Crippen molar-refractivity contribution >= 4 is 5.78 Å². The number of allylic oxidation sites excluding steroid dienone is 1. The quantitative estimate of drug-likeness (QED) is 0.427. The smallest absolute Gasteiger partial charge is 0.161 e. The second-order valence-corrected chi connectivity index (χ2v) is 13.0. The maximum atomic E-state index is 13.2. The van der Waals surface area contributed by atoms with Crippen molar-refractivity contribution in [2.45, 2.75) is 121 Å². The van der Waals surface area contributed by atoms with Crippen LogP contribution in [0.1, 0.15) is 92.4 Å². The monoisotopic (exact) mass is 464 g/mol. The lowest BCUT2D eigenvalue weighted by molar-refractivity contribution is -0.174. The zero-order valence-electron chi connectivity index (χ0n) is 21.0. The van der Waals surface area contributed by atoms with Gasteiger partial charge in [0.05, 0.1) is 34.9 Å². The number of carbonyl (C=O) groups is 1. The standard InChI is InChI=1S/C27H44O6/c1-23(2,31)12-10-21(30)26(5,32)20-9-14-27(33)17-15-19(29)22-18(28)7-6-11-24(22,3)16(17)8-13-25(20,27)4/h15-16,18,20-22,28,30-33H,6-14H2,1-5H3/t16-,18+,20-,21+,22-,24+,25+,26+,27+/m0/s1. The summed E-state index contributed by atoms with van der Waals surface area (Å²) in [5, 5.41) is 55.5. The molecule has 5 N–H and O–H groups in total. The summed E-state index contributed by atoms with van der Waals surface area (Å²) >= 11 is 0. The highest BCUT2D eigenvalue weighted by molar-refractivity contribution is 5.95.